The van der Waals surface area contributed by atoms with Gasteiger partial charge in [0, 0.05) is 17.1 Å². The third-order valence-corrected chi connectivity index (χ3v) is 13.3. The quantitative estimate of drug-likeness (QED) is 0.139. The molecule has 0 aromatic heterocycles. The average molecular weight is 768 g/mol. The van der Waals surface area contributed by atoms with Crippen molar-refractivity contribution in [3.05, 3.63) is 263 Å². The van der Waals surface area contributed by atoms with Crippen molar-refractivity contribution in [3.63, 3.8) is 0 Å². The Bertz CT molecular complexity index is 2960. The highest BCUT2D eigenvalue weighted by Gasteiger charge is 2.51. The summed E-state index contributed by atoms with van der Waals surface area (Å²) in [5.74, 6) is 0. The van der Waals surface area contributed by atoms with Gasteiger partial charge in [-0.1, -0.05) is 183 Å². The van der Waals surface area contributed by atoms with E-state index < -0.39 is 5.41 Å². The molecule has 0 saturated carbocycles. The zero-order valence-corrected chi connectivity index (χ0v) is 33.7. The molecule has 4 aliphatic rings. The number of allylic oxidation sites excluding steroid dienone is 9. The number of nitrogens with zero attached hydrogens (tertiary/aromatic N) is 1. The van der Waals surface area contributed by atoms with E-state index >= 15 is 0 Å². The monoisotopic (exact) mass is 767 g/mol. The summed E-state index contributed by atoms with van der Waals surface area (Å²) in [4.78, 5) is 2.53. The average Bonchev–Trinajstić information content (AvgIpc) is 3.78. The smallest absolute Gasteiger partial charge is 0.0726 e. The number of rotatable bonds is 8. The van der Waals surface area contributed by atoms with Crippen LogP contribution in [0.4, 0.5) is 11.4 Å². The van der Waals surface area contributed by atoms with Crippen LogP contribution in [0.15, 0.2) is 224 Å². The molecule has 7 aromatic rings. The molecular weight excluding hydrogens is 723 g/mol. The second-order valence-corrected chi connectivity index (χ2v) is 16.3. The molecule has 60 heavy (non-hydrogen) atoms. The molecule has 0 atom stereocenters. The Labute approximate surface area is 354 Å². The summed E-state index contributed by atoms with van der Waals surface area (Å²) in [6, 6.07) is 61.0. The first-order chi connectivity index (χ1) is 29.7. The normalized spacial score (nSPS) is 15.4. The number of benzene rings is 7. The van der Waals surface area contributed by atoms with E-state index in [0.717, 1.165) is 59.3 Å². The van der Waals surface area contributed by atoms with Crippen LogP contribution in [0.25, 0.3) is 45.0 Å². The first-order valence-electron chi connectivity index (χ1n) is 21.2. The van der Waals surface area contributed by atoms with Gasteiger partial charge in [-0.05, 0) is 145 Å². The van der Waals surface area contributed by atoms with Gasteiger partial charge in [0.2, 0.25) is 0 Å². The Morgan fingerprint density at radius 3 is 1.77 bits per heavy atom. The Morgan fingerprint density at radius 2 is 1.10 bits per heavy atom. The standard InChI is InChI=1S/C59H45N/c1-3-16-40(4-2)49-35-33-47(38-54(49)43-18-6-5-7-19-43)60(46-31-29-42(30-32-46)45-28-27-41-17-8-9-20-44(41)37-45)48-34-36-53-52-23-12-15-26-57(52)59(58(53)39-48)55-24-13-10-21-50(55)51-22-11-14-25-56(51)59/h3-26,29,31,33-39H,1-2,27-28,30,32H2/b40-16+. The zero-order chi connectivity index (χ0) is 40.2. The lowest BCUT2D eigenvalue weighted by Gasteiger charge is -2.34. The number of aryl methyl sites for hydroxylation is 1. The van der Waals surface area contributed by atoms with Crippen molar-refractivity contribution in [1.82, 2.24) is 0 Å². The highest BCUT2D eigenvalue weighted by molar-refractivity contribution is 5.96. The summed E-state index contributed by atoms with van der Waals surface area (Å²) >= 11 is 0. The number of anilines is 2. The van der Waals surface area contributed by atoms with E-state index in [1.807, 2.05) is 12.2 Å². The minimum atomic E-state index is -0.425. The van der Waals surface area contributed by atoms with Gasteiger partial charge >= 0.3 is 0 Å². The molecule has 0 amide bonds. The van der Waals surface area contributed by atoms with E-state index in [0.29, 0.717) is 0 Å². The van der Waals surface area contributed by atoms with Crippen LogP contribution in [-0.2, 0) is 11.8 Å². The minimum absolute atomic E-state index is 0.425. The van der Waals surface area contributed by atoms with Crippen LogP contribution in [0.3, 0.4) is 0 Å². The molecule has 0 unspecified atom stereocenters. The van der Waals surface area contributed by atoms with E-state index in [2.05, 4.69) is 206 Å². The highest BCUT2D eigenvalue weighted by atomic mass is 15.1. The topological polar surface area (TPSA) is 3.24 Å². The lowest BCUT2D eigenvalue weighted by molar-refractivity contribution is 0.792. The fourth-order valence-electron chi connectivity index (χ4n) is 10.6. The molecule has 0 N–H and O–H groups in total. The third kappa shape index (κ3) is 5.53. The molecule has 0 fully saturated rings. The second-order valence-electron chi connectivity index (χ2n) is 16.3. The van der Waals surface area contributed by atoms with Crippen molar-refractivity contribution in [3.8, 4) is 33.4 Å². The van der Waals surface area contributed by atoms with Crippen LogP contribution in [0.1, 0.15) is 58.2 Å². The first kappa shape index (κ1) is 35.9. The second kappa shape index (κ2) is 14.6. The van der Waals surface area contributed by atoms with E-state index in [9.17, 15) is 0 Å². The van der Waals surface area contributed by atoms with Crippen molar-refractivity contribution >= 4 is 23.0 Å². The van der Waals surface area contributed by atoms with Gasteiger partial charge in [-0.2, -0.15) is 0 Å². The van der Waals surface area contributed by atoms with Crippen LogP contribution in [-0.4, -0.2) is 0 Å². The SMILES string of the molecule is C=C/C=C(\C=C)c1ccc(N(C2=CC=C(C3=Cc4ccccc4CC3)CC2)c2ccc3c(c2)C2(c4ccccc4-c4ccccc42)c2ccccc2-3)cc1-c1ccccc1. The Kier molecular flexibility index (Phi) is 8.71. The van der Waals surface area contributed by atoms with Gasteiger partial charge in [0.1, 0.15) is 0 Å². The van der Waals surface area contributed by atoms with Crippen LogP contribution >= 0.6 is 0 Å². The Morgan fingerprint density at radius 1 is 0.500 bits per heavy atom. The van der Waals surface area contributed by atoms with Crippen LogP contribution in [0, 0.1) is 0 Å². The molecule has 4 aliphatic carbocycles. The summed E-state index contributed by atoms with van der Waals surface area (Å²) in [7, 11) is 0. The molecule has 286 valence electrons. The molecule has 0 saturated heterocycles. The van der Waals surface area contributed by atoms with Gasteiger partial charge in [-0.3, -0.25) is 0 Å². The van der Waals surface area contributed by atoms with Gasteiger partial charge < -0.3 is 4.90 Å². The van der Waals surface area contributed by atoms with Crippen molar-refractivity contribution in [2.24, 2.45) is 0 Å². The Balaban J connectivity index is 1.13. The molecule has 1 heteroatoms. The molecule has 0 radical (unpaired) electrons. The van der Waals surface area contributed by atoms with Crippen LogP contribution in [0.2, 0.25) is 0 Å². The third-order valence-electron chi connectivity index (χ3n) is 13.3. The van der Waals surface area contributed by atoms with Gasteiger partial charge in [0.15, 0.2) is 0 Å². The van der Waals surface area contributed by atoms with Gasteiger partial charge in [-0.25, -0.2) is 0 Å². The predicted molar refractivity (Wildman–Crippen MR) is 253 cm³/mol. The fourth-order valence-corrected chi connectivity index (χ4v) is 10.6. The van der Waals surface area contributed by atoms with Crippen molar-refractivity contribution < 1.29 is 0 Å². The summed E-state index contributed by atoms with van der Waals surface area (Å²) in [5, 5.41) is 0. The highest BCUT2D eigenvalue weighted by Crippen LogP contribution is 2.63. The number of fused-ring (bicyclic) bond motifs is 11. The van der Waals surface area contributed by atoms with Crippen LogP contribution in [0.5, 0.6) is 0 Å². The Hall–Kier alpha value is -7.22. The molecule has 1 nitrogen and oxygen atoms in total. The van der Waals surface area contributed by atoms with E-state index in [1.54, 1.807) is 0 Å². The molecule has 0 bridgehead atoms. The largest absolute Gasteiger partial charge is 0.314 e. The molecule has 7 aromatic carbocycles. The molecule has 0 heterocycles. The van der Waals surface area contributed by atoms with Gasteiger partial charge in [-0.15, -0.1) is 0 Å². The molecule has 0 aliphatic heterocycles. The predicted octanol–water partition coefficient (Wildman–Crippen LogP) is 15.2. The lowest BCUT2D eigenvalue weighted by atomic mass is 9.70. The molecular formula is C59H45N. The first-order valence-corrected chi connectivity index (χ1v) is 21.2. The van der Waals surface area contributed by atoms with E-state index in [1.165, 1.54) is 72.5 Å². The minimum Gasteiger partial charge on any atom is -0.314 e. The van der Waals surface area contributed by atoms with Crippen molar-refractivity contribution in [1.29, 1.82) is 0 Å². The van der Waals surface area contributed by atoms with Gasteiger partial charge in [0.25, 0.3) is 0 Å². The van der Waals surface area contributed by atoms with E-state index in [4.69, 9.17) is 0 Å². The summed E-state index contributed by atoms with van der Waals surface area (Å²) < 4.78 is 0. The maximum atomic E-state index is 4.20. The summed E-state index contributed by atoms with van der Waals surface area (Å²) in [5.41, 5.74) is 24.0. The maximum Gasteiger partial charge on any atom is 0.0726 e. The molecule has 1 spiro atoms. The molecule has 11 rings (SSSR count). The van der Waals surface area contributed by atoms with Crippen molar-refractivity contribution in [2.45, 2.75) is 31.1 Å². The number of hydrogen-bond donors (Lipinski definition) is 0. The van der Waals surface area contributed by atoms with Gasteiger partial charge in [0.05, 0.1) is 5.41 Å². The summed E-state index contributed by atoms with van der Waals surface area (Å²) in [6.45, 7) is 8.22. The number of hydrogen-bond acceptors (Lipinski definition) is 1. The lowest BCUT2D eigenvalue weighted by Crippen LogP contribution is -2.26. The van der Waals surface area contributed by atoms with Crippen LogP contribution < -0.4 is 4.90 Å². The van der Waals surface area contributed by atoms with Crippen molar-refractivity contribution in [2.75, 3.05) is 4.90 Å². The zero-order valence-electron chi connectivity index (χ0n) is 33.7. The summed E-state index contributed by atoms with van der Waals surface area (Å²) in [6.07, 6.45) is 17.1. The maximum absolute atomic E-state index is 4.20. The van der Waals surface area contributed by atoms with E-state index in [-0.39, 0.29) is 0 Å². The fraction of sp³-hybridized carbons (Fsp3) is 0.0847.